The summed E-state index contributed by atoms with van der Waals surface area (Å²) < 4.78 is 14.9. The molecule has 454 valence electrons. The van der Waals surface area contributed by atoms with Crippen LogP contribution in [0.2, 0.25) is 0 Å². The fourth-order valence-electron chi connectivity index (χ4n) is 7.06. The van der Waals surface area contributed by atoms with Gasteiger partial charge < -0.3 is 56.7 Å². The van der Waals surface area contributed by atoms with Crippen molar-refractivity contribution in [2.45, 2.75) is 129 Å². The van der Waals surface area contributed by atoms with Gasteiger partial charge in [0.15, 0.2) is 0 Å². The van der Waals surface area contributed by atoms with Gasteiger partial charge in [-0.05, 0) is 77.6 Å². The van der Waals surface area contributed by atoms with E-state index in [4.69, 9.17) is 14.6 Å². The maximum Gasteiger partial charge on any atom is 1.00 e. The first-order valence-electron chi connectivity index (χ1n) is 25.9. The number of carbonyl (C=O) groups is 12. The molecule has 0 radical (unpaired) electrons. The van der Waals surface area contributed by atoms with Gasteiger partial charge in [0.05, 0.1) is 7.11 Å². The van der Waals surface area contributed by atoms with E-state index in [0.29, 0.717) is 11.1 Å². The molecule has 12 N–H and O–H groups in total. The van der Waals surface area contributed by atoms with Gasteiger partial charge >= 0.3 is 65.5 Å². The fraction of sp³-hybridized carbons (Fsp3) is 0.368. The van der Waals surface area contributed by atoms with Crippen molar-refractivity contribution >= 4 is 71.4 Å². The normalized spacial score (nSPS) is 12.6. The van der Waals surface area contributed by atoms with Gasteiger partial charge in [-0.1, -0.05) is 121 Å². The molecule has 0 unspecified atom stereocenters. The Labute approximate surface area is 513 Å². The van der Waals surface area contributed by atoms with E-state index in [2.05, 4.69) is 58.3 Å². The number of carboxylic acids is 1. The minimum absolute atomic E-state index is 0. The van der Waals surface area contributed by atoms with Gasteiger partial charge in [0.1, 0.15) is 47.5 Å². The fourth-order valence-corrected chi connectivity index (χ4v) is 7.06. The quantitative estimate of drug-likeness (QED) is 0.0151. The third-order valence-electron chi connectivity index (χ3n) is 11.1. The zero-order valence-electron chi connectivity index (χ0n) is 48.9. The molecule has 10 amide bonds. The van der Waals surface area contributed by atoms with Crippen LogP contribution in [0.4, 0.5) is 9.59 Å². The van der Waals surface area contributed by atoms with Crippen LogP contribution in [-0.4, -0.2) is 137 Å². The number of aliphatic carboxylic acids is 1. The van der Waals surface area contributed by atoms with E-state index in [-0.39, 0.29) is 60.7 Å². The summed E-state index contributed by atoms with van der Waals surface area (Å²) in [6, 6.07) is 28.1. The van der Waals surface area contributed by atoms with Crippen LogP contribution in [0.5, 0.6) is 0 Å². The topological polar surface area (TPSA) is 403 Å². The maximum atomic E-state index is 13.1. The minimum Gasteiger partial charge on any atom is -0.870 e. The number of benzene rings is 4. The largest absolute Gasteiger partial charge is 1.00 e. The van der Waals surface area contributed by atoms with Gasteiger partial charge in [0.2, 0.25) is 11.8 Å². The summed E-state index contributed by atoms with van der Waals surface area (Å²) in [7, 11) is 1.03. The van der Waals surface area contributed by atoms with E-state index < -0.39 is 119 Å². The van der Waals surface area contributed by atoms with Gasteiger partial charge in [-0.25, -0.2) is 19.2 Å². The number of carbonyl (C=O) groups excluding carboxylic acids is 11. The van der Waals surface area contributed by atoms with Crippen LogP contribution in [0, 0.1) is 0 Å². The van der Waals surface area contributed by atoms with E-state index in [1.54, 1.807) is 157 Å². The van der Waals surface area contributed by atoms with Crippen molar-refractivity contribution in [3.63, 3.8) is 0 Å². The van der Waals surface area contributed by atoms with E-state index in [9.17, 15) is 57.5 Å². The summed E-state index contributed by atoms with van der Waals surface area (Å²) in [4.78, 5) is 148. The number of hydrogen-bond acceptors (Lipinski definition) is 16. The van der Waals surface area contributed by atoms with Crippen molar-refractivity contribution < 1.29 is 112 Å². The molecule has 0 heterocycles. The molecular formula is C57H73N10NaO17. The molecule has 4 rings (SSSR count). The maximum absolute atomic E-state index is 13.1. The van der Waals surface area contributed by atoms with E-state index in [1.165, 1.54) is 13.8 Å². The number of ether oxygens (including phenoxy) is 3. The summed E-state index contributed by atoms with van der Waals surface area (Å²) >= 11 is 0. The summed E-state index contributed by atoms with van der Waals surface area (Å²) in [6.45, 7) is 12.8. The molecule has 0 spiro atoms. The smallest absolute Gasteiger partial charge is 0.870 e. The van der Waals surface area contributed by atoms with Crippen molar-refractivity contribution in [3.8, 4) is 0 Å². The third kappa shape index (κ3) is 29.3. The molecule has 0 saturated carbocycles. The van der Waals surface area contributed by atoms with Crippen LogP contribution in [0.3, 0.4) is 0 Å². The van der Waals surface area contributed by atoms with Crippen LogP contribution >= 0.6 is 0 Å². The Hall–Kier alpha value is -8.92. The number of hydrogen-bond donors (Lipinski definition) is 11. The molecule has 0 bridgehead atoms. The summed E-state index contributed by atoms with van der Waals surface area (Å²) in [5.41, 5.74) is 9.92. The second kappa shape index (κ2) is 36.6. The molecule has 0 aliphatic carbocycles. The van der Waals surface area contributed by atoms with Crippen molar-refractivity contribution in [1.82, 2.24) is 53.6 Å². The minimum atomic E-state index is -1.78. The van der Waals surface area contributed by atoms with E-state index in [1.807, 2.05) is 6.07 Å². The molecule has 85 heavy (non-hydrogen) atoms. The number of methoxy groups -OCH3 is 1. The van der Waals surface area contributed by atoms with Crippen LogP contribution in [0.25, 0.3) is 0 Å². The zero-order valence-corrected chi connectivity index (χ0v) is 50.9. The van der Waals surface area contributed by atoms with Crippen LogP contribution in [-0.2, 0) is 87.8 Å². The number of amides is 10. The average molecular weight is 1190 g/mol. The SMILES string of the molecule is COC(=O)C(=O)N[C@@H](Cc1ccccc1)C(=O)NNC(=O)[C@H](C)NC(=O)[C@H](Cc1ccccc1)NC(=O)OC(C)(C)C.C[C@H](NC(=O)[C@H](Cc1ccccc1)NC(=O)OC(C)(C)C)C(=O)NNC(=O)[C@H](Cc1ccccc1)NC(=O)C(=O)O.[Na+].[OH-]. The number of carboxylic acid groups (broad SMARTS) is 1. The van der Waals surface area contributed by atoms with Gasteiger partial charge in [-0.15, -0.1) is 0 Å². The Kier molecular flexibility index (Phi) is 31.9. The molecule has 0 aromatic heterocycles. The van der Waals surface area contributed by atoms with Gasteiger partial charge in [0.25, 0.3) is 23.6 Å². The number of rotatable bonds is 20. The van der Waals surface area contributed by atoms with Crippen molar-refractivity contribution in [2.75, 3.05) is 7.11 Å². The second-order valence-corrected chi connectivity index (χ2v) is 20.4. The van der Waals surface area contributed by atoms with Gasteiger partial charge in [0, 0.05) is 25.7 Å². The van der Waals surface area contributed by atoms with Crippen LogP contribution < -0.4 is 83.2 Å². The molecule has 0 aliphatic heterocycles. The van der Waals surface area contributed by atoms with Crippen molar-refractivity contribution in [1.29, 1.82) is 0 Å². The van der Waals surface area contributed by atoms with Crippen LogP contribution in [0.1, 0.15) is 77.6 Å². The van der Waals surface area contributed by atoms with Crippen LogP contribution in [0.15, 0.2) is 121 Å². The first kappa shape index (κ1) is 74.1. The molecule has 6 atom stereocenters. The predicted molar refractivity (Wildman–Crippen MR) is 300 cm³/mol. The second-order valence-electron chi connectivity index (χ2n) is 20.4. The summed E-state index contributed by atoms with van der Waals surface area (Å²) in [6.07, 6.45) is -1.42. The van der Waals surface area contributed by atoms with E-state index >= 15 is 0 Å². The zero-order chi connectivity index (χ0) is 61.9. The first-order chi connectivity index (χ1) is 39.0. The Morgan fingerprint density at radius 2 is 0.659 bits per heavy atom. The molecule has 4 aromatic carbocycles. The predicted octanol–water partition coefficient (Wildman–Crippen LogP) is -1.91. The van der Waals surface area contributed by atoms with Gasteiger partial charge in [-0.3, -0.25) is 60.1 Å². The van der Waals surface area contributed by atoms with E-state index in [0.717, 1.165) is 18.2 Å². The monoisotopic (exact) mass is 1190 g/mol. The Morgan fingerprint density at radius 1 is 0.400 bits per heavy atom. The molecule has 0 aliphatic rings. The molecule has 0 fully saturated rings. The standard InChI is InChI=1S/C29H37N5O8.C28H35N5O8.Na.H2O/c1-18(30-24(36)21(16-19-12-8-6-9-13-19)32-28(40)42-29(2,3)4)23(35)33-34-25(37)22(31-26(38)27(39)41-5)17-20-14-10-7-11-15-20;1-17(29-23(35)20(15-18-11-7-5-8-12-18)31-27(40)41-28(2,3)4)22(34)32-33-24(36)21(30-25(37)26(38)39)16-19-13-9-6-10-14-19;;/h6-15,18,21-22H,16-17H2,1-5H3,(H,30,36)(H,31,38)(H,32,40)(H,33,35)(H,34,37);5-14,17,20-21H,15-16H2,1-4H3,(H,29,35)(H,30,37)(H,31,40)(H,32,34)(H,33,36)(H,38,39);;1H2/q;;+1;/p-1/t18-,21-,22-;17-,20-,21-;;/m00../s1. The number of esters is 1. The summed E-state index contributed by atoms with van der Waals surface area (Å²) in [5.74, 6) is -10.1. The van der Waals surface area contributed by atoms with Crippen molar-refractivity contribution in [2.24, 2.45) is 0 Å². The van der Waals surface area contributed by atoms with Crippen molar-refractivity contribution in [3.05, 3.63) is 144 Å². The summed E-state index contributed by atoms with van der Waals surface area (Å²) in [5, 5.41) is 23.3. The van der Waals surface area contributed by atoms with Gasteiger partial charge in [-0.2, -0.15) is 0 Å². The Bertz CT molecular complexity index is 2880. The molecule has 4 aromatic rings. The Morgan fingerprint density at radius 3 is 0.918 bits per heavy atom. The first-order valence-corrected chi connectivity index (χ1v) is 25.9. The molecule has 27 nitrogen and oxygen atoms in total. The third-order valence-corrected chi connectivity index (χ3v) is 11.1. The molecular weight excluding hydrogens is 1120 g/mol. The molecule has 28 heteroatoms. The average Bonchev–Trinajstić information content (AvgIpc) is 3.60. The molecule has 0 saturated heterocycles. The Balaban J connectivity index is 0.000000831. The number of alkyl carbamates (subject to hydrolysis) is 2. The number of nitrogens with one attached hydrogen (secondary N) is 10. The number of hydrazine groups is 2.